The minimum atomic E-state index is 0.596. The molecule has 1 heterocycles. The van der Waals surface area contributed by atoms with Crippen molar-refractivity contribution in [3.8, 4) is 0 Å². The van der Waals surface area contributed by atoms with Crippen molar-refractivity contribution in [2.45, 2.75) is 6.42 Å². The van der Waals surface area contributed by atoms with Crippen molar-refractivity contribution in [1.29, 1.82) is 0 Å². The summed E-state index contributed by atoms with van der Waals surface area (Å²) in [7, 11) is 0. The maximum absolute atomic E-state index is 6.00. The average molecular weight is 239 g/mol. The molecule has 0 atom stereocenters. The number of halogens is 1. The van der Waals surface area contributed by atoms with Gasteiger partial charge in [-0.05, 0) is 18.2 Å². The van der Waals surface area contributed by atoms with Crippen molar-refractivity contribution >= 4 is 23.0 Å². The fraction of sp³-hybridized carbons (Fsp3) is 0.200. The van der Waals surface area contributed by atoms with Gasteiger partial charge in [0.25, 0.3) is 0 Å². The van der Waals surface area contributed by atoms with Crippen LogP contribution in [0.15, 0.2) is 29.0 Å². The van der Waals surface area contributed by atoms with Gasteiger partial charge in [0.05, 0.1) is 10.7 Å². The molecule has 0 aliphatic carbocycles. The van der Waals surface area contributed by atoms with Gasteiger partial charge in [-0.3, -0.25) is 0 Å². The number of rotatable bonds is 4. The van der Waals surface area contributed by atoms with E-state index in [1.807, 2.05) is 6.07 Å². The average Bonchev–Trinajstić information content (AvgIpc) is 2.74. The van der Waals surface area contributed by atoms with Crippen LogP contribution in [0.5, 0.6) is 0 Å². The third-order valence-electron chi connectivity index (χ3n) is 2.05. The molecule has 0 aliphatic heterocycles. The number of hydrogen-bond acceptors (Lipinski definition) is 5. The largest absolute Gasteiger partial charge is 0.399 e. The Morgan fingerprint density at radius 3 is 3.00 bits per heavy atom. The Kier molecular flexibility index (Phi) is 3.26. The zero-order valence-corrected chi connectivity index (χ0v) is 9.24. The molecule has 0 amide bonds. The first-order valence-corrected chi connectivity index (χ1v) is 5.18. The molecule has 0 unspecified atom stereocenters. The molecule has 5 nitrogen and oxygen atoms in total. The Hall–Kier alpha value is -1.75. The molecule has 0 aliphatic rings. The van der Waals surface area contributed by atoms with Gasteiger partial charge in [-0.15, -0.1) is 0 Å². The van der Waals surface area contributed by atoms with Gasteiger partial charge in [0.1, 0.15) is 0 Å². The molecule has 6 heteroatoms. The van der Waals surface area contributed by atoms with Gasteiger partial charge in [-0.2, -0.15) is 4.98 Å². The lowest BCUT2D eigenvalue weighted by Gasteiger charge is -2.07. The molecule has 1 aromatic carbocycles. The molecule has 16 heavy (non-hydrogen) atoms. The van der Waals surface area contributed by atoms with Crippen molar-refractivity contribution < 1.29 is 4.52 Å². The second kappa shape index (κ2) is 4.85. The zero-order chi connectivity index (χ0) is 11.4. The van der Waals surface area contributed by atoms with Gasteiger partial charge in [-0.1, -0.05) is 16.8 Å². The number of aromatic nitrogens is 2. The second-order valence-corrected chi connectivity index (χ2v) is 3.66. The number of benzene rings is 1. The van der Waals surface area contributed by atoms with Crippen LogP contribution in [0.1, 0.15) is 5.89 Å². The highest BCUT2D eigenvalue weighted by Gasteiger charge is 2.02. The molecular weight excluding hydrogens is 228 g/mol. The fourth-order valence-corrected chi connectivity index (χ4v) is 1.54. The minimum absolute atomic E-state index is 0.596. The number of nitrogen functional groups attached to an aromatic ring is 1. The molecule has 0 bridgehead atoms. The van der Waals surface area contributed by atoms with E-state index in [9.17, 15) is 0 Å². The van der Waals surface area contributed by atoms with Crippen LogP contribution in [0.3, 0.4) is 0 Å². The predicted molar refractivity (Wildman–Crippen MR) is 62.4 cm³/mol. The molecule has 1 aromatic heterocycles. The Bertz CT molecular complexity index is 458. The van der Waals surface area contributed by atoms with Crippen LogP contribution in [0.25, 0.3) is 0 Å². The van der Waals surface area contributed by atoms with Crippen LogP contribution in [0, 0.1) is 0 Å². The van der Waals surface area contributed by atoms with Crippen LogP contribution in [-0.4, -0.2) is 16.7 Å². The van der Waals surface area contributed by atoms with E-state index in [0.717, 1.165) is 5.69 Å². The van der Waals surface area contributed by atoms with E-state index in [4.69, 9.17) is 21.9 Å². The standard InChI is InChI=1S/C10H11ClN4O/c11-8-5-7(12)1-2-9(8)13-4-3-10-14-6-15-16-10/h1-2,5-6,13H,3-4,12H2. The summed E-state index contributed by atoms with van der Waals surface area (Å²) in [6, 6.07) is 5.34. The zero-order valence-electron chi connectivity index (χ0n) is 8.48. The summed E-state index contributed by atoms with van der Waals surface area (Å²) < 4.78 is 4.87. The number of nitrogens with two attached hydrogens (primary N) is 1. The highest BCUT2D eigenvalue weighted by molar-refractivity contribution is 6.33. The second-order valence-electron chi connectivity index (χ2n) is 3.25. The van der Waals surface area contributed by atoms with Gasteiger partial charge >= 0.3 is 0 Å². The normalized spacial score (nSPS) is 10.3. The van der Waals surface area contributed by atoms with Crippen LogP contribution >= 0.6 is 11.6 Å². The van der Waals surface area contributed by atoms with E-state index in [1.165, 1.54) is 6.33 Å². The van der Waals surface area contributed by atoms with Crippen LogP contribution < -0.4 is 11.1 Å². The summed E-state index contributed by atoms with van der Waals surface area (Å²) in [6.07, 6.45) is 2.03. The van der Waals surface area contributed by atoms with Gasteiger partial charge in [0, 0.05) is 18.7 Å². The molecule has 3 N–H and O–H groups in total. The summed E-state index contributed by atoms with van der Waals surface area (Å²) in [4.78, 5) is 3.91. The van der Waals surface area contributed by atoms with E-state index in [0.29, 0.717) is 29.6 Å². The fourth-order valence-electron chi connectivity index (χ4n) is 1.28. The molecule has 0 spiro atoms. The van der Waals surface area contributed by atoms with Crippen molar-refractivity contribution in [1.82, 2.24) is 10.1 Å². The molecule has 2 rings (SSSR count). The molecule has 84 valence electrons. The van der Waals surface area contributed by atoms with E-state index in [2.05, 4.69) is 15.5 Å². The van der Waals surface area contributed by atoms with E-state index in [1.54, 1.807) is 12.1 Å². The summed E-state index contributed by atoms with van der Waals surface area (Å²) in [5.74, 6) is 0.596. The van der Waals surface area contributed by atoms with Gasteiger partial charge in [-0.25, -0.2) is 0 Å². The van der Waals surface area contributed by atoms with Crippen molar-refractivity contribution in [2.75, 3.05) is 17.6 Å². The summed E-state index contributed by atoms with van der Waals surface area (Å²) in [6.45, 7) is 0.672. The molecule has 0 saturated carbocycles. The third-order valence-corrected chi connectivity index (χ3v) is 2.37. The Morgan fingerprint density at radius 1 is 1.44 bits per heavy atom. The first-order chi connectivity index (χ1) is 7.75. The van der Waals surface area contributed by atoms with Gasteiger partial charge in [0.2, 0.25) is 5.89 Å². The number of nitrogens with zero attached hydrogens (tertiary/aromatic N) is 2. The number of anilines is 2. The van der Waals surface area contributed by atoms with E-state index < -0.39 is 0 Å². The Morgan fingerprint density at radius 2 is 2.31 bits per heavy atom. The minimum Gasteiger partial charge on any atom is -0.399 e. The molecular formula is C10H11ClN4O. The lowest BCUT2D eigenvalue weighted by Crippen LogP contribution is -2.05. The summed E-state index contributed by atoms with van der Waals surface area (Å²) >= 11 is 6.00. The molecule has 2 aromatic rings. The SMILES string of the molecule is Nc1ccc(NCCc2ncno2)c(Cl)c1. The summed E-state index contributed by atoms with van der Waals surface area (Å²) in [5, 5.41) is 7.29. The Labute approximate surface area is 97.6 Å². The monoisotopic (exact) mass is 238 g/mol. The topological polar surface area (TPSA) is 77.0 Å². The highest BCUT2D eigenvalue weighted by atomic mass is 35.5. The lowest BCUT2D eigenvalue weighted by atomic mass is 10.3. The summed E-state index contributed by atoms with van der Waals surface area (Å²) in [5.41, 5.74) is 7.08. The predicted octanol–water partition coefficient (Wildman–Crippen LogP) is 1.96. The van der Waals surface area contributed by atoms with E-state index >= 15 is 0 Å². The first-order valence-electron chi connectivity index (χ1n) is 4.80. The van der Waals surface area contributed by atoms with Crippen molar-refractivity contribution in [3.63, 3.8) is 0 Å². The third kappa shape index (κ3) is 2.64. The lowest BCUT2D eigenvalue weighted by molar-refractivity contribution is 0.380. The van der Waals surface area contributed by atoms with Crippen LogP contribution in [-0.2, 0) is 6.42 Å². The maximum atomic E-state index is 6.00. The quantitative estimate of drug-likeness (QED) is 0.797. The van der Waals surface area contributed by atoms with Gasteiger partial charge < -0.3 is 15.6 Å². The molecule has 0 radical (unpaired) electrons. The molecule has 0 saturated heterocycles. The van der Waals surface area contributed by atoms with Crippen molar-refractivity contribution in [2.24, 2.45) is 0 Å². The highest BCUT2D eigenvalue weighted by Crippen LogP contribution is 2.23. The maximum Gasteiger partial charge on any atom is 0.228 e. The van der Waals surface area contributed by atoms with Crippen molar-refractivity contribution in [3.05, 3.63) is 35.4 Å². The first kappa shape index (κ1) is 10.8. The number of nitrogens with one attached hydrogen (secondary N) is 1. The smallest absolute Gasteiger partial charge is 0.228 e. The van der Waals surface area contributed by atoms with Gasteiger partial charge in [0.15, 0.2) is 6.33 Å². The Balaban J connectivity index is 1.90. The van der Waals surface area contributed by atoms with Crippen LogP contribution in [0.2, 0.25) is 5.02 Å². The van der Waals surface area contributed by atoms with Crippen LogP contribution in [0.4, 0.5) is 11.4 Å². The number of hydrogen-bond donors (Lipinski definition) is 2. The van der Waals surface area contributed by atoms with E-state index in [-0.39, 0.29) is 0 Å². The molecule has 0 fully saturated rings.